The molecule has 1 aliphatic rings. The van der Waals surface area contributed by atoms with Gasteiger partial charge in [-0.1, -0.05) is 0 Å². The standard InChI is InChI=1S/C8H18N2/c1-8-4-6-9-5-3-7-10(8)2/h8-9H,3-7H2,1-2H3. The van der Waals surface area contributed by atoms with Crippen LogP contribution in [0.25, 0.3) is 0 Å². The smallest absolute Gasteiger partial charge is 0.00759 e. The van der Waals surface area contributed by atoms with Crippen LogP contribution in [-0.2, 0) is 0 Å². The molecule has 1 unspecified atom stereocenters. The maximum atomic E-state index is 3.41. The van der Waals surface area contributed by atoms with Gasteiger partial charge in [0.2, 0.25) is 0 Å². The van der Waals surface area contributed by atoms with Gasteiger partial charge >= 0.3 is 0 Å². The Labute approximate surface area is 63.6 Å². The van der Waals surface area contributed by atoms with Crippen molar-refractivity contribution in [2.24, 2.45) is 0 Å². The Morgan fingerprint density at radius 3 is 3.00 bits per heavy atom. The summed E-state index contributed by atoms with van der Waals surface area (Å²) in [6.07, 6.45) is 2.58. The molecule has 0 radical (unpaired) electrons. The van der Waals surface area contributed by atoms with Gasteiger partial charge in [-0.25, -0.2) is 0 Å². The monoisotopic (exact) mass is 142 g/mol. The predicted molar refractivity (Wildman–Crippen MR) is 44.2 cm³/mol. The van der Waals surface area contributed by atoms with E-state index in [2.05, 4.69) is 24.2 Å². The molecule has 1 atom stereocenters. The molecule has 1 heterocycles. The van der Waals surface area contributed by atoms with Gasteiger partial charge in [0.15, 0.2) is 0 Å². The fraction of sp³-hybridized carbons (Fsp3) is 1.00. The maximum absolute atomic E-state index is 3.41. The van der Waals surface area contributed by atoms with Crippen molar-refractivity contribution in [3.05, 3.63) is 0 Å². The molecular formula is C8H18N2. The SMILES string of the molecule is CC1CCNCCCN1C. The van der Waals surface area contributed by atoms with Crippen molar-refractivity contribution in [2.75, 3.05) is 26.7 Å². The minimum atomic E-state index is 0.757. The molecule has 1 fully saturated rings. The molecule has 0 spiro atoms. The second kappa shape index (κ2) is 3.94. The molecule has 1 rings (SSSR count). The first kappa shape index (κ1) is 8.02. The van der Waals surface area contributed by atoms with Crippen LogP contribution in [0.15, 0.2) is 0 Å². The molecule has 60 valence electrons. The molecule has 2 nitrogen and oxygen atoms in total. The highest BCUT2D eigenvalue weighted by Crippen LogP contribution is 2.02. The predicted octanol–water partition coefficient (Wildman–Crippen LogP) is 0.690. The van der Waals surface area contributed by atoms with Gasteiger partial charge in [0.1, 0.15) is 0 Å². The lowest BCUT2D eigenvalue weighted by atomic mass is 10.2. The molecule has 0 bridgehead atoms. The Morgan fingerprint density at radius 1 is 1.40 bits per heavy atom. The van der Waals surface area contributed by atoms with Gasteiger partial charge in [0.25, 0.3) is 0 Å². The van der Waals surface area contributed by atoms with E-state index < -0.39 is 0 Å². The van der Waals surface area contributed by atoms with Crippen LogP contribution in [-0.4, -0.2) is 37.6 Å². The molecule has 1 aliphatic heterocycles. The van der Waals surface area contributed by atoms with Gasteiger partial charge in [-0.3, -0.25) is 0 Å². The molecule has 1 saturated heterocycles. The molecule has 1 N–H and O–H groups in total. The minimum Gasteiger partial charge on any atom is -0.317 e. The first-order valence-corrected chi connectivity index (χ1v) is 4.21. The highest BCUT2D eigenvalue weighted by atomic mass is 15.1. The number of nitrogens with zero attached hydrogens (tertiary/aromatic N) is 1. The molecule has 0 aliphatic carbocycles. The number of nitrogens with one attached hydrogen (secondary N) is 1. The van der Waals surface area contributed by atoms with Crippen molar-refractivity contribution in [2.45, 2.75) is 25.8 Å². The summed E-state index contributed by atoms with van der Waals surface area (Å²) in [5.41, 5.74) is 0. The quantitative estimate of drug-likeness (QED) is 0.535. The van der Waals surface area contributed by atoms with E-state index in [4.69, 9.17) is 0 Å². The van der Waals surface area contributed by atoms with E-state index in [1.54, 1.807) is 0 Å². The zero-order valence-electron chi connectivity index (χ0n) is 7.06. The zero-order valence-corrected chi connectivity index (χ0v) is 7.06. The van der Waals surface area contributed by atoms with Gasteiger partial charge in [0.05, 0.1) is 0 Å². The van der Waals surface area contributed by atoms with Crippen molar-refractivity contribution >= 4 is 0 Å². The average molecular weight is 142 g/mol. The first-order chi connectivity index (χ1) is 4.80. The average Bonchev–Trinajstić information content (AvgIpc) is 1.92. The van der Waals surface area contributed by atoms with Crippen LogP contribution >= 0.6 is 0 Å². The summed E-state index contributed by atoms with van der Waals surface area (Å²) in [6, 6.07) is 0.757. The number of hydrogen-bond donors (Lipinski definition) is 1. The van der Waals surface area contributed by atoms with Gasteiger partial charge in [0, 0.05) is 6.04 Å². The summed E-state index contributed by atoms with van der Waals surface area (Å²) >= 11 is 0. The van der Waals surface area contributed by atoms with Crippen LogP contribution in [0, 0.1) is 0 Å². The summed E-state index contributed by atoms with van der Waals surface area (Å²) in [6.45, 7) is 5.92. The normalized spacial score (nSPS) is 31.2. The van der Waals surface area contributed by atoms with Crippen LogP contribution in [0.5, 0.6) is 0 Å². The van der Waals surface area contributed by atoms with Gasteiger partial charge in [-0.05, 0) is 46.4 Å². The van der Waals surface area contributed by atoms with E-state index >= 15 is 0 Å². The Morgan fingerprint density at radius 2 is 2.20 bits per heavy atom. The third-order valence-corrected chi connectivity index (χ3v) is 2.36. The Kier molecular flexibility index (Phi) is 3.16. The van der Waals surface area contributed by atoms with E-state index in [0.29, 0.717) is 0 Å². The van der Waals surface area contributed by atoms with E-state index in [1.165, 1.54) is 32.5 Å². The van der Waals surface area contributed by atoms with Gasteiger partial charge in [-0.2, -0.15) is 0 Å². The molecule has 0 aromatic carbocycles. The van der Waals surface area contributed by atoms with Crippen molar-refractivity contribution in [3.63, 3.8) is 0 Å². The summed E-state index contributed by atoms with van der Waals surface area (Å²) in [5.74, 6) is 0. The molecule has 0 amide bonds. The summed E-state index contributed by atoms with van der Waals surface area (Å²) < 4.78 is 0. The lowest BCUT2D eigenvalue weighted by Gasteiger charge is -2.27. The Bertz CT molecular complexity index is 81.3. The molecule has 0 saturated carbocycles. The summed E-state index contributed by atoms with van der Waals surface area (Å²) in [5, 5.41) is 3.41. The molecule has 0 aromatic rings. The van der Waals surface area contributed by atoms with E-state index in [9.17, 15) is 0 Å². The van der Waals surface area contributed by atoms with Crippen LogP contribution < -0.4 is 5.32 Å². The third kappa shape index (κ3) is 2.27. The van der Waals surface area contributed by atoms with Crippen molar-refractivity contribution in [1.29, 1.82) is 0 Å². The molecule has 10 heavy (non-hydrogen) atoms. The summed E-state index contributed by atoms with van der Waals surface area (Å²) in [7, 11) is 2.22. The summed E-state index contributed by atoms with van der Waals surface area (Å²) in [4.78, 5) is 2.45. The maximum Gasteiger partial charge on any atom is 0.00759 e. The minimum absolute atomic E-state index is 0.757. The second-order valence-corrected chi connectivity index (χ2v) is 3.22. The lowest BCUT2D eigenvalue weighted by Crippen LogP contribution is -2.37. The largest absolute Gasteiger partial charge is 0.317 e. The zero-order chi connectivity index (χ0) is 7.40. The fourth-order valence-electron chi connectivity index (χ4n) is 1.33. The van der Waals surface area contributed by atoms with Gasteiger partial charge in [-0.15, -0.1) is 0 Å². The highest BCUT2D eigenvalue weighted by Gasteiger charge is 2.09. The van der Waals surface area contributed by atoms with E-state index in [1.807, 2.05) is 0 Å². The fourth-order valence-corrected chi connectivity index (χ4v) is 1.33. The van der Waals surface area contributed by atoms with E-state index in [-0.39, 0.29) is 0 Å². The second-order valence-electron chi connectivity index (χ2n) is 3.22. The molecule has 0 aromatic heterocycles. The lowest BCUT2D eigenvalue weighted by molar-refractivity contribution is 0.228. The van der Waals surface area contributed by atoms with Crippen molar-refractivity contribution in [3.8, 4) is 0 Å². The van der Waals surface area contributed by atoms with Gasteiger partial charge < -0.3 is 10.2 Å². The molecular weight excluding hydrogens is 124 g/mol. The van der Waals surface area contributed by atoms with Crippen LogP contribution in [0.4, 0.5) is 0 Å². The van der Waals surface area contributed by atoms with Crippen molar-refractivity contribution in [1.82, 2.24) is 10.2 Å². The number of rotatable bonds is 0. The molecule has 2 heteroatoms. The van der Waals surface area contributed by atoms with Crippen LogP contribution in [0.1, 0.15) is 19.8 Å². The Balaban J connectivity index is 2.28. The highest BCUT2D eigenvalue weighted by molar-refractivity contribution is 4.68. The number of hydrogen-bond acceptors (Lipinski definition) is 2. The van der Waals surface area contributed by atoms with E-state index in [0.717, 1.165) is 6.04 Å². The van der Waals surface area contributed by atoms with Crippen molar-refractivity contribution < 1.29 is 0 Å². The third-order valence-electron chi connectivity index (χ3n) is 2.36. The van der Waals surface area contributed by atoms with Crippen LogP contribution in [0.3, 0.4) is 0 Å². The Hall–Kier alpha value is -0.0800. The topological polar surface area (TPSA) is 15.3 Å². The first-order valence-electron chi connectivity index (χ1n) is 4.21. The van der Waals surface area contributed by atoms with Crippen LogP contribution in [0.2, 0.25) is 0 Å².